The van der Waals surface area contributed by atoms with Crippen molar-refractivity contribution in [2.75, 3.05) is 11.4 Å². The number of benzene rings is 3. The minimum absolute atomic E-state index is 0.0384. The Hall–Kier alpha value is -4.07. The zero-order valence-electron chi connectivity index (χ0n) is 23.7. The lowest BCUT2D eigenvalue weighted by atomic mass is 10.0. The molecule has 0 bridgehead atoms. The molecule has 0 radical (unpaired) electrons. The number of rotatable bonds is 11. The molecule has 216 valence electrons. The highest BCUT2D eigenvalue weighted by molar-refractivity contribution is 6.30. The standard InChI is InChI=1S/C34H35ClN4O3/c1-23-12-14-25(15-13-23)31-32(26-16-18-27(35)19-17-26)38-33-28(37-31)21-29(40)34(42)39(33)20-8-3-2-7-11-30(41)36-22-24-9-5-4-6-10-24/h4-6,9-10,12-19,29,40H,2-3,7-8,11,20-22H2,1H3,(H,36,41). The normalized spacial score (nSPS) is 14.5. The van der Waals surface area contributed by atoms with E-state index in [0.717, 1.165) is 47.9 Å². The number of unbranched alkanes of at least 4 members (excludes halogenated alkanes) is 3. The van der Waals surface area contributed by atoms with E-state index in [1.165, 1.54) is 0 Å². The Morgan fingerprint density at radius 1 is 0.905 bits per heavy atom. The Balaban J connectivity index is 1.26. The SMILES string of the molecule is Cc1ccc(-c2nc3c(nc2-c2ccc(Cl)cc2)N(CCCCCCC(=O)NCc2ccccc2)C(=O)C(O)C3)cc1. The van der Waals surface area contributed by atoms with E-state index in [2.05, 4.69) is 5.32 Å². The number of aryl methyl sites for hydroxylation is 1. The maximum Gasteiger partial charge on any atom is 0.257 e. The molecule has 1 aromatic heterocycles. The second-order valence-corrected chi connectivity index (χ2v) is 11.1. The van der Waals surface area contributed by atoms with Crippen molar-refractivity contribution in [3.05, 3.63) is 101 Å². The van der Waals surface area contributed by atoms with Crippen LogP contribution in [0.1, 0.15) is 48.9 Å². The van der Waals surface area contributed by atoms with Gasteiger partial charge in [-0.05, 0) is 37.5 Å². The first-order valence-corrected chi connectivity index (χ1v) is 14.8. The van der Waals surface area contributed by atoms with Crippen molar-refractivity contribution >= 4 is 29.2 Å². The number of fused-ring (bicyclic) bond motifs is 1. The van der Waals surface area contributed by atoms with Gasteiger partial charge < -0.3 is 10.4 Å². The summed E-state index contributed by atoms with van der Waals surface area (Å²) in [6.45, 7) is 2.98. The second kappa shape index (κ2) is 13.7. The molecule has 3 aromatic carbocycles. The number of halogens is 1. The van der Waals surface area contributed by atoms with Crippen molar-refractivity contribution in [1.29, 1.82) is 0 Å². The molecule has 1 aliphatic heterocycles. The number of carbonyl (C=O) groups is 2. The summed E-state index contributed by atoms with van der Waals surface area (Å²) in [6.07, 6.45) is 2.64. The van der Waals surface area contributed by atoms with Crippen LogP contribution in [-0.4, -0.2) is 39.5 Å². The highest BCUT2D eigenvalue weighted by Crippen LogP contribution is 2.35. The molecule has 0 saturated carbocycles. The minimum atomic E-state index is -1.16. The van der Waals surface area contributed by atoms with Gasteiger partial charge in [0, 0.05) is 42.1 Å². The van der Waals surface area contributed by atoms with Crippen LogP contribution in [0.3, 0.4) is 0 Å². The van der Waals surface area contributed by atoms with Crippen LogP contribution in [0.4, 0.5) is 5.82 Å². The van der Waals surface area contributed by atoms with Crippen LogP contribution in [-0.2, 0) is 22.6 Å². The van der Waals surface area contributed by atoms with Crippen LogP contribution in [0.2, 0.25) is 5.02 Å². The summed E-state index contributed by atoms with van der Waals surface area (Å²) in [5, 5.41) is 14.2. The number of carbonyl (C=O) groups excluding carboxylic acids is 2. The van der Waals surface area contributed by atoms with Crippen molar-refractivity contribution in [3.63, 3.8) is 0 Å². The maximum atomic E-state index is 13.1. The third-order valence-electron chi connectivity index (χ3n) is 7.45. The zero-order valence-corrected chi connectivity index (χ0v) is 24.5. The summed E-state index contributed by atoms with van der Waals surface area (Å²) < 4.78 is 0. The predicted molar refractivity (Wildman–Crippen MR) is 166 cm³/mol. The molecule has 8 heteroatoms. The zero-order chi connectivity index (χ0) is 29.5. The number of amides is 2. The molecular formula is C34H35ClN4O3. The highest BCUT2D eigenvalue weighted by Gasteiger charge is 2.34. The summed E-state index contributed by atoms with van der Waals surface area (Å²) in [7, 11) is 0. The predicted octanol–water partition coefficient (Wildman–Crippen LogP) is 6.29. The van der Waals surface area contributed by atoms with Gasteiger partial charge in [-0.3, -0.25) is 14.5 Å². The first-order valence-electron chi connectivity index (χ1n) is 14.4. The molecule has 42 heavy (non-hydrogen) atoms. The molecule has 2 N–H and O–H groups in total. The highest BCUT2D eigenvalue weighted by atomic mass is 35.5. The Kier molecular flexibility index (Phi) is 9.62. The number of nitrogens with zero attached hydrogens (tertiary/aromatic N) is 3. The fourth-order valence-corrected chi connectivity index (χ4v) is 5.23. The van der Waals surface area contributed by atoms with E-state index in [9.17, 15) is 14.7 Å². The van der Waals surface area contributed by atoms with Gasteiger partial charge >= 0.3 is 0 Å². The molecule has 0 aliphatic carbocycles. The van der Waals surface area contributed by atoms with Crippen LogP contribution in [0.15, 0.2) is 78.9 Å². The van der Waals surface area contributed by atoms with Gasteiger partial charge in [-0.25, -0.2) is 9.97 Å². The Morgan fingerprint density at radius 3 is 2.26 bits per heavy atom. The maximum absolute atomic E-state index is 13.1. The smallest absolute Gasteiger partial charge is 0.257 e. The number of nitrogens with one attached hydrogen (secondary N) is 1. The first kappa shape index (κ1) is 29.4. The molecule has 4 aromatic rings. The lowest BCUT2D eigenvalue weighted by molar-refractivity contribution is -0.127. The molecule has 0 saturated heterocycles. The lowest BCUT2D eigenvalue weighted by Gasteiger charge is -2.31. The van der Waals surface area contributed by atoms with E-state index >= 15 is 0 Å². The van der Waals surface area contributed by atoms with Crippen molar-refractivity contribution < 1.29 is 14.7 Å². The molecule has 2 amide bonds. The molecule has 7 nitrogen and oxygen atoms in total. The quantitative estimate of drug-likeness (QED) is 0.203. The molecule has 1 atom stereocenters. The van der Waals surface area contributed by atoms with Gasteiger partial charge in [-0.1, -0.05) is 96.7 Å². The molecule has 5 rings (SSSR count). The molecule has 2 heterocycles. The van der Waals surface area contributed by atoms with E-state index in [1.54, 1.807) is 4.90 Å². The van der Waals surface area contributed by atoms with E-state index in [1.807, 2.05) is 85.8 Å². The Labute approximate surface area is 251 Å². The average Bonchev–Trinajstić information content (AvgIpc) is 3.00. The Morgan fingerprint density at radius 2 is 1.55 bits per heavy atom. The van der Waals surface area contributed by atoms with Gasteiger partial charge in [-0.2, -0.15) is 0 Å². The van der Waals surface area contributed by atoms with Gasteiger partial charge in [0.1, 0.15) is 6.10 Å². The van der Waals surface area contributed by atoms with Crippen molar-refractivity contribution in [2.24, 2.45) is 0 Å². The number of anilines is 1. The molecular weight excluding hydrogens is 548 g/mol. The summed E-state index contributed by atoms with van der Waals surface area (Å²) in [4.78, 5) is 36.9. The Bertz CT molecular complexity index is 1530. The fraction of sp³-hybridized carbons (Fsp3) is 0.294. The number of aliphatic hydroxyl groups is 1. The molecule has 1 unspecified atom stereocenters. The van der Waals surface area contributed by atoms with E-state index < -0.39 is 6.10 Å². The van der Waals surface area contributed by atoms with Crippen molar-refractivity contribution in [1.82, 2.24) is 15.3 Å². The third kappa shape index (κ3) is 7.22. The van der Waals surface area contributed by atoms with Crippen molar-refractivity contribution in [2.45, 2.75) is 58.1 Å². The largest absolute Gasteiger partial charge is 0.383 e. The van der Waals surface area contributed by atoms with Gasteiger partial charge in [0.2, 0.25) is 5.91 Å². The minimum Gasteiger partial charge on any atom is -0.383 e. The van der Waals surface area contributed by atoms with Crippen molar-refractivity contribution in [3.8, 4) is 22.5 Å². The summed E-state index contributed by atoms with van der Waals surface area (Å²) >= 11 is 6.16. The average molecular weight is 583 g/mol. The van der Waals surface area contributed by atoms with E-state index in [-0.39, 0.29) is 18.2 Å². The van der Waals surface area contributed by atoms with Gasteiger partial charge in [0.05, 0.1) is 17.1 Å². The van der Waals surface area contributed by atoms with Crippen LogP contribution in [0, 0.1) is 6.92 Å². The second-order valence-electron chi connectivity index (χ2n) is 10.7. The summed E-state index contributed by atoms with van der Waals surface area (Å²) in [6, 6.07) is 25.3. The van der Waals surface area contributed by atoms with Crippen LogP contribution < -0.4 is 10.2 Å². The van der Waals surface area contributed by atoms with E-state index in [4.69, 9.17) is 21.6 Å². The van der Waals surface area contributed by atoms with Gasteiger partial charge in [0.15, 0.2) is 5.82 Å². The summed E-state index contributed by atoms with van der Waals surface area (Å²) in [5.74, 6) is 0.171. The molecule has 1 aliphatic rings. The van der Waals surface area contributed by atoms with Crippen LogP contribution in [0.5, 0.6) is 0 Å². The van der Waals surface area contributed by atoms with Crippen LogP contribution >= 0.6 is 11.6 Å². The van der Waals surface area contributed by atoms with Gasteiger partial charge in [-0.15, -0.1) is 0 Å². The lowest BCUT2D eigenvalue weighted by Crippen LogP contribution is -2.46. The van der Waals surface area contributed by atoms with Gasteiger partial charge in [0.25, 0.3) is 5.91 Å². The number of hydrogen-bond acceptors (Lipinski definition) is 5. The third-order valence-corrected chi connectivity index (χ3v) is 7.70. The fourth-order valence-electron chi connectivity index (χ4n) is 5.10. The van der Waals surface area contributed by atoms with E-state index in [0.29, 0.717) is 47.4 Å². The number of aromatic nitrogens is 2. The monoisotopic (exact) mass is 582 g/mol. The number of aliphatic hydroxyl groups excluding tert-OH is 1. The first-order chi connectivity index (χ1) is 20.4. The molecule has 0 fully saturated rings. The summed E-state index contributed by atoms with van der Waals surface area (Å²) in [5.41, 5.74) is 5.92. The molecule has 0 spiro atoms. The number of hydrogen-bond donors (Lipinski definition) is 2. The topological polar surface area (TPSA) is 95.4 Å². The van der Waals surface area contributed by atoms with Crippen LogP contribution in [0.25, 0.3) is 22.5 Å².